The standard InChI is InChI=1S/C17H17F3N2O/c1-10-5-3-7-12-13(9-22-15(10)12)16(23)14(21)8-4-6-11(2)17(18,19)20/h3-9,11,22H,21H2,1-2H3/b6-4-,14-8-. The van der Waals surface area contributed by atoms with Crippen molar-refractivity contribution in [3.05, 3.63) is 59.4 Å². The van der Waals surface area contributed by atoms with Gasteiger partial charge >= 0.3 is 6.18 Å². The molecule has 2 aromatic rings. The lowest BCUT2D eigenvalue weighted by atomic mass is 10.0. The number of benzene rings is 1. The molecule has 1 heterocycles. The van der Waals surface area contributed by atoms with Gasteiger partial charge in [-0.1, -0.05) is 37.3 Å². The molecule has 1 unspecified atom stereocenters. The van der Waals surface area contributed by atoms with Crippen molar-refractivity contribution in [2.45, 2.75) is 20.0 Å². The number of H-pyrrole nitrogens is 1. The Balaban J connectivity index is 2.24. The Morgan fingerprint density at radius 2 is 2.04 bits per heavy atom. The van der Waals surface area contributed by atoms with E-state index in [-0.39, 0.29) is 5.70 Å². The number of nitrogens with one attached hydrogen (secondary N) is 1. The van der Waals surface area contributed by atoms with E-state index >= 15 is 0 Å². The number of aryl methyl sites for hydroxylation is 1. The van der Waals surface area contributed by atoms with Crippen LogP contribution in [0, 0.1) is 12.8 Å². The first-order valence-electron chi connectivity index (χ1n) is 7.04. The molecule has 0 saturated heterocycles. The number of fused-ring (bicyclic) bond motifs is 1. The van der Waals surface area contributed by atoms with E-state index in [2.05, 4.69) is 4.98 Å². The average molecular weight is 322 g/mol. The lowest BCUT2D eigenvalue weighted by molar-refractivity contribution is -0.156. The van der Waals surface area contributed by atoms with E-state index in [1.165, 1.54) is 6.08 Å². The van der Waals surface area contributed by atoms with Crippen LogP contribution in [-0.2, 0) is 0 Å². The molecule has 3 N–H and O–H groups in total. The van der Waals surface area contributed by atoms with Gasteiger partial charge in [-0.2, -0.15) is 13.2 Å². The summed E-state index contributed by atoms with van der Waals surface area (Å²) in [4.78, 5) is 15.4. The summed E-state index contributed by atoms with van der Waals surface area (Å²) in [6.45, 7) is 2.94. The first kappa shape index (κ1) is 16.9. The fraction of sp³-hybridized carbons (Fsp3) is 0.235. The van der Waals surface area contributed by atoms with Crippen LogP contribution >= 0.6 is 0 Å². The highest BCUT2D eigenvalue weighted by Crippen LogP contribution is 2.26. The summed E-state index contributed by atoms with van der Waals surface area (Å²) in [5.74, 6) is -2.02. The Bertz CT molecular complexity index is 785. The molecule has 0 radical (unpaired) electrons. The van der Waals surface area contributed by atoms with E-state index in [0.717, 1.165) is 35.5 Å². The lowest BCUT2D eigenvalue weighted by Gasteiger charge is -2.10. The van der Waals surface area contributed by atoms with Crippen molar-refractivity contribution in [2.24, 2.45) is 11.7 Å². The number of aromatic amines is 1. The number of rotatable bonds is 4. The number of halogens is 3. The summed E-state index contributed by atoms with van der Waals surface area (Å²) in [5, 5.41) is 0.735. The van der Waals surface area contributed by atoms with Gasteiger partial charge in [0.15, 0.2) is 0 Å². The van der Waals surface area contributed by atoms with Crippen LogP contribution in [0.4, 0.5) is 13.2 Å². The van der Waals surface area contributed by atoms with Crippen molar-refractivity contribution in [2.75, 3.05) is 0 Å². The molecule has 0 bridgehead atoms. The van der Waals surface area contributed by atoms with Crippen molar-refractivity contribution < 1.29 is 18.0 Å². The molecular formula is C17H17F3N2O. The summed E-state index contributed by atoms with van der Waals surface area (Å²) in [7, 11) is 0. The second-order valence-corrected chi connectivity index (χ2v) is 5.37. The van der Waals surface area contributed by atoms with Gasteiger partial charge in [-0.25, -0.2) is 0 Å². The zero-order valence-electron chi connectivity index (χ0n) is 12.7. The Morgan fingerprint density at radius 1 is 1.35 bits per heavy atom. The van der Waals surface area contributed by atoms with E-state index in [1.54, 1.807) is 12.3 Å². The molecule has 1 aromatic heterocycles. The Labute approximate surface area is 131 Å². The number of allylic oxidation sites excluding steroid dienone is 4. The molecule has 0 aliphatic heterocycles. The van der Waals surface area contributed by atoms with Gasteiger partial charge in [0.1, 0.15) is 0 Å². The molecule has 2 rings (SSSR count). The maximum Gasteiger partial charge on any atom is 0.394 e. The number of para-hydroxylation sites is 1. The molecule has 23 heavy (non-hydrogen) atoms. The monoisotopic (exact) mass is 322 g/mol. The van der Waals surface area contributed by atoms with Crippen molar-refractivity contribution in [1.29, 1.82) is 0 Å². The summed E-state index contributed by atoms with van der Waals surface area (Å²) >= 11 is 0. The molecule has 1 atom stereocenters. The zero-order valence-corrected chi connectivity index (χ0v) is 12.7. The van der Waals surface area contributed by atoms with Gasteiger partial charge in [0.25, 0.3) is 0 Å². The zero-order chi connectivity index (χ0) is 17.2. The lowest BCUT2D eigenvalue weighted by Crippen LogP contribution is -2.17. The number of nitrogens with two attached hydrogens (primary N) is 1. The van der Waals surface area contributed by atoms with E-state index < -0.39 is 17.9 Å². The summed E-state index contributed by atoms with van der Waals surface area (Å²) in [6.07, 6.45) is 0.560. The molecule has 3 nitrogen and oxygen atoms in total. The van der Waals surface area contributed by atoms with E-state index in [1.807, 2.05) is 19.1 Å². The van der Waals surface area contributed by atoms with Crippen molar-refractivity contribution in [1.82, 2.24) is 4.98 Å². The van der Waals surface area contributed by atoms with Crippen molar-refractivity contribution in [3.8, 4) is 0 Å². The third-order valence-electron chi connectivity index (χ3n) is 3.62. The number of Topliss-reactive ketones (excluding diaryl/α,β-unsaturated/α-hetero) is 1. The van der Waals surface area contributed by atoms with Crippen LogP contribution in [0.1, 0.15) is 22.8 Å². The van der Waals surface area contributed by atoms with Gasteiger partial charge in [-0.15, -0.1) is 0 Å². The highest BCUT2D eigenvalue weighted by atomic mass is 19.4. The van der Waals surface area contributed by atoms with Crippen LogP contribution in [0.3, 0.4) is 0 Å². The van der Waals surface area contributed by atoms with Gasteiger partial charge in [0, 0.05) is 22.7 Å². The second-order valence-electron chi connectivity index (χ2n) is 5.37. The molecule has 1 aromatic carbocycles. The third-order valence-corrected chi connectivity index (χ3v) is 3.62. The van der Waals surface area contributed by atoms with Crippen LogP contribution in [0.15, 0.2) is 48.3 Å². The van der Waals surface area contributed by atoms with Crippen LogP contribution in [0.25, 0.3) is 10.9 Å². The molecule has 0 aliphatic carbocycles. The van der Waals surface area contributed by atoms with Crippen LogP contribution in [0.5, 0.6) is 0 Å². The molecule has 0 aliphatic rings. The number of hydrogen-bond acceptors (Lipinski definition) is 2. The number of aromatic nitrogens is 1. The van der Waals surface area contributed by atoms with Gasteiger partial charge in [-0.3, -0.25) is 4.79 Å². The summed E-state index contributed by atoms with van der Waals surface area (Å²) in [5.41, 5.74) is 7.81. The SMILES string of the molecule is Cc1cccc2c(C(=O)/C(N)=C/C=C\C(C)C(F)(F)F)c[nH]c12. The maximum atomic E-state index is 12.4. The van der Waals surface area contributed by atoms with E-state index in [9.17, 15) is 18.0 Å². The van der Waals surface area contributed by atoms with E-state index in [0.29, 0.717) is 5.56 Å². The smallest absolute Gasteiger partial charge is 0.394 e. The molecule has 0 amide bonds. The van der Waals surface area contributed by atoms with Gasteiger partial charge in [-0.05, 0) is 18.6 Å². The van der Waals surface area contributed by atoms with Crippen molar-refractivity contribution in [3.63, 3.8) is 0 Å². The molecule has 0 fully saturated rings. The highest BCUT2D eigenvalue weighted by Gasteiger charge is 2.33. The van der Waals surface area contributed by atoms with Crippen LogP contribution < -0.4 is 5.73 Å². The molecule has 122 valence electrons. The predicted octanol–water partition coefficient (Wildman–Crippen LogP) is 4.26. The Hall–Kier alpha value is -2.50. The summed E-state index contributed by atoms with van der Waals surface area (Å²) < 4.78 is 37.2. The normalized spacial score (nSPS) is 14.6. The molecular weight excluding hydrogens is 305 g/mol. The predicted molar refractivity (Wildman–Crippen MR) is 84.0 cm³/mol. The number of alkyl halides is 3. The number of carbonyl (C=O) groups is 1. The van der Waals surface area contributed by atoms with Gasteiger partial charge in [0.2, 0.25) is 5.78 Å². The minimum atomic E-state index is -4.31. The summed E-state index contributed by atoms with van der Waals surface area (Å²) in [6, 6.07) is 5.53. The van der Waals surface area contributed by atoms with Crippen molar-refractivity contribution >= 4 is 16.7 Å². The van der Waals surface area contributed by atoms with Gasteiger partial charge < -0.3 is 10.7 Å². The third kappa shape index (κ3) is 3.64. The Morgan fingerprint density at radius 3 is 2.70 bits per heavy atom. The minimum absolute atomic E-state index is 0.113. The first-order valence-corrected chi connectivity index (χ1v) is 7.04. The van der Waals surface area contributed by atoms with Crippen LogP contribution in [-0.4, -0.2) is 16.9 Å². The second kappa shape index (κ2) is 6.32. The fourth-order valence-electron chi connectivity index (χ4n) is 2.16. The van der Waals surface area contributed by atoms with E-state index in [4.69, 9.17) is 5.73 Å². The number of carbonyl (C=O) groups excluding carboxylic acids is 1. The van der Waals surface area contributed by atoms with Gasteiger partial charge in [0.05, 0.1) is 11.6 Å². The number of ketones is 1. The fourth-order valence-corrected chi connectivity index (χ4v) is 2.16. The number of hydrogen-bond donors (Lipinski definition) is 2. The Kier molecular flexibility index (Phi) is 4.63. The maximum absolute atomic E-state index is 12.4. The molecule has 0 spiro atoms. The first-order chi connectivity index (χ1) is 10.7. The quantitative estimate of drug-likeness (QED) is 0.502. The molecule has 0 saturated carbocycles. The minimum Gasteiger partial charge on any atom is -0.396 e. The topological polar surface area (TPSA) is 58.9 Å². The highest BCUT2D eigenvalue weighted by molar-refractivity contribution is 6.16. The molecule has 6 heteroatoms. The largest absolute Gasteiger partial charge is 0.396 e. The average Bonchev–Trinajstić information content (AvgIpc) is 2.90. The van der Waals surface area contributed by atoms with Crippen LogP contribution in [0.2, 0.25) is 0 Å².